The average molecular weight is 489 g/mol. The van der Waals surface area contributed by atoms with Crippen LogP contribution in [0.1, 0.15) is 30.0 Å². The van der Waals surface area contributed by atoms with E-state index in [1.165, 1.54) is 30.8 Å². The summed E-state index contributed by atoms with van der Waals surface area (Å²) in [6.45, 7) is 3.68. The van der Waals surface area contributed by atoms with Gasteiger partial charge < -0.3 is 9.42 Å². The highest BCUT2D eigenvalue weighted by Gasteiger charge is 2.32. The minimum absolute atomic E-state index is 0.0605. The number of nitriles is 1. The summed E-state index contributed by atoms with van der Waals surface area (Å²) in [5.41, 5.74) is -1.87. The molecule has 1 unspecified atom stereocenters. The Morgan fingerprint density at radius 3 is 2.43 bits per heavy atom. The van der Waals surface area contributed by atoms with Gasteiger partial charge in [-0.25, -0.2) is 4.79 Å². The molecule has 0 saturated carbocycles. The molecule has 13 heteroatoms. The van der Waals surface area contributed by atoms with Gasteiger partial charge in [0.25, 0.3) is 5.56 Å². The molecular weight excluding hydrogens is 467 g/mol. The summed E-state index contributed by atoms with van der Waals surface area (Å²) in [5, 5.41) is 13.4. The van der Waals surface area contributed by atoms with Crippen molar-refractivity contribution in [1.82, 2.24) is 24.2 Å². The van der Waals surface area contributed by atoms with Crippen molar-refractivity contribution < 1.29 is 17.7 Å². The fourth-order valence-electron chi connectivity index (χ4n) is 4.14. The highest BCUT2D eigenvalue weighted by molar-refractivity contribution is 5.56. The third-order valence-corrected chi connectivity index (χ3v) is 6.15. The number of piperazine rings is 1. The monoisotopic (exact) mass is 489 g/mol. The highest BCUT2D eigenvalue weighted by atomic mass is 19.4. The van der Waals surface area contributed by atoms with E-state index in [9.17, 15) is 28.0 Å². The first kappa shape index (κ1) is 24.2. The summed E-state index contributed by atoms with van der Waals surface area (Å²) in [6, 6.07) is 6.30. The molecule has 1 aromatic carbocycles. The lowest BCUT2D eigenvalue weighted by Crippen LogP contribution is -2.50. The maximum absolute atomic E-state index is 13.0. The smallest absolute Gasteiger partial charge is 0.354 e. The molecule has 0 amide bonds. The van der Waals surface area contributed by atoms with Gasteiger partial charge in [0, 0.05) is 45.8 Å². The summed E-state index contributed by atoms with van der Waals surface area (Å²) < 4.78 is 46.6. The number of alkyl halides is 3. The summed E-state index contributed by atoms with van der Waals surface area (Å²) in [4.78, 5) is 32.9. The number of aromatic nitrogens is 4. The van der Waals surface area contributed by atoms with Gasteiger partial charge in [-0.05, 0) is 19.1 Å². The third kappa shape index (κ3) is 4.44. The number of benzene rings is 1. The Labute approximate surface area is 197 Å². The van der Waals surface area contributed by atoms with Gasteiger partial charge in [-0.2, -0.15) is 23.4 Å². The highest BCUT2D eigenvalue weighted by Crippen LogP contribution is 2.32. The van der Waals surface area contributed by atoms with Crippen molar-refractivity contribution in [3.05, 3.63) is 62.1 Å². The van der Waals surface area contributed by atoms with Crippen molar-refractivity contribution >= 4 is 5.82 Å². The van der Waals surface area contributed by atoms with Crippen molar-refractivity contribution in [2.45, 2.75) is 19.1 Å². The second kappa shape index (κ2) is 9.03. The molecule has 3 heterocycles. The van der Waals surface area contributed by atoms with Crippen molar-refractivity contribution in [2.75, 3.05) is 31.1 Å². The largest absolute Gasteiger partial charge is 0.416 e. The van der Waals surface area contributed by atoms with E-state index in [2.05, 4.69) is 10.1 Å². The molecule has 0 spiro atoms. The Morgan fingerprint density at radius 2 is 1.80 bits per heavy atom. The first-order chi connectivity index (χ1) is 16.5. The van der Waals surface area contributed by atoms with Gasteiger partial charge >= 0.3 is 11.9 Å². The summed E-state index contributed by atoms with van der Waals surface area (Å²) >= 11 is 0. The van der Waals surface area contributed by atoms with E-state index < -0.39 is 23.0 Å². The van der Waals surface area contributed by atoms with Crippen LogP contribution in [-0.2, 0) is 20.3 Å². The van der Waals surface area contributed by atoms with Crippen molar-refractivity contribution in [1.29, 1.82) is 5.26 Å². The number of halogens is 3. The van der Waals surface area contributed by atoms with Crippen LogP contribution in [0.3, 0.4) is 0 Å². The molecule has 10 nitrogen and oxygen atoms in total. The molecular formula is C22H22F3N7O3. The Morgan fingerprint density at radius 1 is 1.11 bits per heavy atom. The molecule has 1 fully saturated rings. The van der Waals surface area contributed by atoms with Crippen LogP contribution >= 0.6 is 0 Å². The van der Waals surface area contributed by atoms with Gasteiger partial charge in [-0.15, -0.1) is 0 Å². The number of nitrogens with zero attached hydrogens (tertiary/aromatic N) is 7. The van der Waals surface area contributed by atoms with Gasteiger partial charge in [0.1, 0.15) is 11.9 Å². The van der Waals surface area contributed by atoms with Crippen LogP contribution in [0.25, 0.3) is 11.4 Å². The lowest BCUT2D eigenvalue weighted by Gasteiger charge is -2.38. The third-order valence-electron chi connectivity index (χ3n) is 6.15. The van der Waals surface area contributed by atoms with E-state index in [1.54, 1.807) is 0 Å². The molecule has 0 aliphatic carbocycles. The van der Waals surface area contributed by atoms with Crippen LogP contribution in [0.5, 0.6) is 0 Å². The Bertz CT molecular complexity index is 1410. The lowest BCUT2D eigenvalue weighted by molar-refractivity contribution is -0.137. The number of hydrogen-bond donors (Lipinski definition) is 0. The Hall–Kier alpha value is -3.92. The van der Waals surface area contributed by atoms with Crippen molar-refractivity contribution in [3.63, 3.8) is 0 Å². The van der Waals surface area contributed by atoms with Gasteiger partial charge in [0.2, 0.25) is 11.7 Å². The molecule has 2 aromatic heterocycles. The molecule has 0 N–H and O–H groups in total. The van der Waals surface area contributed by atoms with Crippen LogP contribution < -0.4 is 16.1 Å². The van der Waals surface area contributed by atoms with E-state index >= 15 is 0 Å². The first-order valence-electron chi connectivity index (χ1n) is 10.7. The Balaban J connectivity index is 1.51. The first-order valence-corrected chi connectivity index (χ1v) is 10.7. The molecule has 0 radical (unpaired) electrons. The average Bonchev–Trinajstić information content (AvgIpc) is 3.34. The van der Waals surface area contributed by atoms with Crippen LogP contribution in [-0.4, -0.2) is 50.4 Å². The molecule has 0 bridgehead atoms. The standard InChI is InChI=1S/C22H22F3N7O3/c1-13(18-27-17(28-35-18)14-5-4-6-15(11-14)22(23,24)25)31-7-9-32(10-8-31)19-16(12-26)20(33)30(3)21(34)29(19)2/h4-6,11,13H,7-10H2,1-3H3. The summed E-state index contributed by atoms with van der Waals surface area (Å²) in [7, 11) is 2.84. The van der Waals surface area contributed by atoms with Gasteiger partial charge in [-0.1, -0.05) is 17.3 Å². The summed E-state index contributed by atoms with van der Waals surface area (Å²) in [5.74, 6) is 0.590. The summed E-state index contributed by atoms with van der Waals surface area (Å²) in [6.07, 6.45) is -4.48. The predicted molar refractivity (Wildman–Crippen MR) is 119 cm³/mol. The maximum atomic E-state index is 13.0. The molecule has 4 rings (SSSR count). The van der Waals surface area contributed by atoms with E-state index in [1.807, 2.05) is 22.8 Å². The zero-order chi connectivity index (χ0) is 25.5. The SMILES string of the molecule is CC(c1nc(-c2cccc(C(F)(F)F)c2)no1)N1CCN(c2c(C#N)c(=O)n(C)c(=O)n2C)CC1. The second-order valence-electron chi connectivity index (χ2n) is 8.25. The van der Waals surface area contributed by atoms with E-state index in [0.717, 1.165) is 16.7 Å². The fourth-order valence-corrected chi connectivity index (χ4v) is 4.14. The number of anilines is 1. The van der Waals surface area contributed by atoms with Crippen LogP contribution in [0.15, 0.2) is 38.4 Å². The van der Waals surface area contributed by atoms with Crippen molar-refractivity contribution in [3.8, 4) is 17.5 Å². The fraction of sp³-hybridized carbons (Fsp3) is 0.409. The normalized spacial score (nSPS) is 15.7. The zero-order valence-corrected chi connectivity index (χ0v) is 19.2. The topological polar surface area (TPSA) is 113 Å². The van der Waals surface area contributed by atoms with E-state index in [-0.39, 0.29) is 34.7 Å². The molecule has 3 aromatic rings. The molecule has 35 heavy (non-hydrogen) atoms. The van der Waals surface area contributed by atoms with Crippen LogP contribution in [0, 0.1) is 11.3 Å². The van der Waals surface area contributed by atoms with Crippen LogP contribution in [0.2, 0.25) is 0 Å². The van der Waals surface area contributed by atoms with Crippen LogP contribution in [0.4, 0.5) is 19.0 Å². The van der Waals surface area contributed by atoms with Gasteiger partial charge in [0.05, 0.1) is 11.6 Å². The maximum Gasteiger partial charge on any atom is 0.416 e. The zero-order valence-electron chi connectivity index (χ0n) is 19.2. The molecule has 1 saturated heterocycles. The molecule has 1 aliphatic rings. The van der Waals surface area contributed by atoms with E-state index in [0.29, 0.717) is 26.2 Å². The van der Waals surface area contributed by atoms with Crippen molar-refractivity contribution in [2.24, 2.45) is 14.1 Å². The number of hydrogen-bond acceptors (Lipinski definition) is 8. The molecule has 1 atom stereocenters. The molecule has 184 valence electrons. The Kier molecular flexibility index (Phi) is 6.25. The minimum Gasteiger partial charge on any atom is -0.354 e. The molecule has 1 aliphatic heterocycles. The second-order valence-corrected chi connectivity index (χ2v) is 8.25. The minimum atomic E-state index is -4.48. The van der Waals surface area contributed by atoms with E-state index in [4.69, 9.17) is 4.52 Å². The lowest BCUT2D eigenvalue weighted by atomic mass is 10.1. The number of rotatable bonds is 4. The predicted octanol–water partition coefficient (Wildman–Crippen LogP) is 1.91. The quantitative estimate of drug-likeness (QED) is 0.546. The van der Waals surface area contributed by atoms with Gasteiger partial charge in [0.15, 0.2) is 5.56 Å². The van der Waals surface area contributed by atoms with Gasteiger partial charge in [-0.3, -0.25) is 18.8 Å².